The Kier molecular flexibility index (Phi) is 4.62. The van der Waals surface area contributed by atoms with Gasteiger partial charge in [0, 0.05) is 6.07 Å². The van der Waals surface area contributed by atoms with Gasteiger partial charge in [-0.1, -0.05) is 11.6 Å². The lowest BCUT2D eigenvalue weighted by molar-refractivity contribution is -0.384. The van der Waals surface area contributed by atoms with Gasteiger partial charge in [0.05, 0.1) is 21.1 Å². The summed E-state index contributed by atoms with van der Waals surface area (Å²) in [6.45, 7) is 0. The van der Waals surface area contributed by atoms with E-state index < -0.39 is 37.2 Å². The number of carboxylic acid groups (broad SMARTS) is 1. The van der Waals surface area contributed by atoms with Gasteiger partial charge < -0.3 is 10.2 Å². The molecule has 0 heterocycles. The number of nitrogens with zero attached hydrogens (tertiary/aromatic N) is 1. The normalized spacial score (nSPS) is 11.0. The molecule has 0 radical (unpaired) electrons. The number of nitro groups is 1. The molecule has 0 amide bonds. The van der Waals surface area contributed by atoms with E-state index in [1.54, 1.807) is 0 Å². The Bertz CT molecular complexity index is 943. The molecule has 0 unspecified atom stereocenters. The molecule has 24 heavy (non-hydrogen) atoms. The molecule has 0 fully saturated rings. The summed E-state index contributed by atoms with van der Waals surface area (Å²) in [6.07, 6.45) is 0. The highest BCUT2D eigenvalue weighted by atomic mass is 35.5. The van der Waals surface area contributed by atoms with Crippen molar-refractivity contribution in [3.8, 4) is 5.75 Å². The number of rotatable bonds is 5. The zero-order valence-corrected chi connectivity index (χ0v) is 13.2. The Morgan fingerprint density at radius 3 is 2.46 bits per heavy atom. The van der Waals surface area contributed by atoms with Crippen molar-refractivity contribution in [3.63, 3.8) is 0 Å². The number of anilines is 1. The lowest BCUT2D eigenvalue weighted by Crippen LogP contribution is -2.14. The minimum atomic E-state index is -4.32. The number of aromatic hydroxyl groups is 1. The first-order chi connectivity index (χ1) is 11.1. The van der Waals surface area contributed by atoms with Crippen LogP contribution in [0.5, 0.6) is 5.75 Å². The molecule has 2 rings (SSSR count). The van der Waals surface area contributed by atoms with Crippen LogP contribution in [-0.4, -0.2) is 29.5 Å². The molecule has 3 N–H and O–H groups in total. The van der Waals surface area contributed by atoms with Crippen LogP contribution in [0.4, 0.5) is 11.4 Å². The molecule has 2 aromatic carbocycles. The maximum Gasteiger partial charge on any atom is 0.335 e. The molecule has 0 saturated heterocycles. The van der Waals surface area contributed by atoms with Crippen LogP contribution >= 0.6 is 11.6 Å². The quantitative estimate of drug-likeness (QED) is 0.414. The average molecular weight is 373 g/mol. The number of halogens is 1. The fourth-order valence-electron chi connectivity index (χ4n) is 1.75. The van der Waals surface area contributed by atoms with Crippen LogP contribution in [0.25, 0.3) is 0 Å². The summed E-state index contributed by atoms with van der Waals surface area (Å²) in [5.41, 5.74) is -1.25. The number of phenolic OH excluding ortho intramolecular Hbond substituents is 1. The van der Waals surface area contributed by atoms with E-state index in [9.17, 15) is 28.4 Å². The van der Waals surface area contributed by atoms with Gasteiger partial charge in [0.25, 0.3) is 15.7 Å². The second-order valence-electron chi connectivity index (χ2n) is 4.51. The van der Waals surface area contributed by atoms with Gasteiger partial charge in [-0.15, -0.1) is 0 Å². The highest BCUT2D eigenvalue weighted by Gasteiger charge is 2.22. The summed E-state index contributed by atoms with van der Waals surface area (Å²) in [6, 6.07) is 5.84. The second kappa shape index (κ2) is 6.34. The Morgan fingerprint density at radius 1 is 1.21 bits per heavy atom. The van der Waals surface area contributed by atoms with Crippen LogP contribution < -0.4 is 4.72 Å². The van der Waals surface area contributed by atoms with E-state index in [1.807, 2.05) is 4.72 Å². The summed E-state index contributed by atoms with van der Waals surface area (Å²) in [5.74, 6) is -1.83. The molecule has 126 valence electrons. The molecule has 9 nitrogen and oxygen atoms in total. The molecule has 0 aliphatic carbocycles. The van der Waals surface area contributed by atoms with Crippen molar-refractivity contribution in [2.24, 2.45) is 0 Å². The van der Waals surface area contributed by atoms with Crippen LogP contribution in [0.2, 0.25) is 5.02 Å². The zero-order chi connectivity index (χ0) is 18.1. The molecule has 2 aromatic rings. The molecule has 11 heteroatoms. The minimum Gasteiger partial charge on any atom is -0.506 e. The van der Waals surface area contributed by atoms with Crippen molar-refractivity contribution in [3.05, 3.63) is 57.1 Å². The number of carbonyl (C=O) groups is 1. The van der Waals surface area contributed by atoms with E-state index in [-0.39, 0.29) is 16.3 Å². The Hall–Kier alpha value is -2.85. The van der Waals surface area contributed by atoms with Crippen molar-refractivity contribution in [2.75, 3.05) is 4.72 Å². The lowest BCUT2D eigenvalue weighted by atomic mass is 10.2. The lowest BCUT2D eigenvalue weighted by Gasteiger charge is -2.10. The van der Waals surface area contributed by atoms with Crippen molar-refractivity contribution in [1.29, 1.82) is 0 Å². The number of phenols is 1. The Morgan fingerprint density at radius 2 is 1.88 bits per heavy atom. The number of nitro benzene ring substituents is 1. The summed E-state index contributed by atoms with van der Waals surface area (Å²) in [5, 5.41) is 29.2. The van der Waals surface area contributed by atoms with E-state index in [0.29, 0.717) is 0 Å². The van der Waals surface area contributed by atoms with Crippen LogP contribution in [0.15, 0.2) is 41.3 Å². The van der Waals surface area contributed by atoms with E-state index in [2.05, 4.69) is 0 Å². The predicted octanol–water partition coefficient (Wildman–Crippen LogP) is 2.45. The molecule has 0 aliphatic rings. The summed E-state index contributed by atoms with van der Waals surface area (Å²) < 4.78 is 26.5. The van der Waals surface area contributed by atoms with E-state index in [1.165, 1.54) is 0 Å². The highest BCUT2D eigenvalue weighted by molar-refractivity contribution is 7.92. The molecule has 0 bridgehead atoms. The van der Waals surface area contributed by atoms with Gasteiger partial charge >= 0.3 is 5.97 Å². The largest absolute Gasteiger partial charge is 0.506 e. The third-order valence-corrected chi connectivity index (χ3v) is 4.60. The number of hydrogen-bond donors (Lipinski definition) is 3. The standard InChI is InChI=1S/C13H9ClN2O7S/c14-9-3-2-8(6-11(9)16(20)21)24(22,23)15-10-5-7(13(18)19)1-4-12(10)17/h1-6,15,17H,(H,18,19). The molecule has 0 saturated carbocycles. The number of benzene rings is 2. The number of nitrogens with one attached hydrogen (secondary N) is 1. The molecule has 0 aromatic heterocycles. The number of aromatic carboxylic acids is 1. The summed E-state index contributed by atoms with van der Waals surface area (Å²) >= 11 is 5.62. The van der Waals surface area contributed by atoms with Gasteiger partial charge in [-0.05, 0) is 30.3 Å². The SMILES string of the molecule is O=C(O)c1ccc(O)c(NS(=O)(=O)c2ccc(Cl)c([N+](=O)[O-])c2)c1. The molecular weight excluding hydrogens is 364 g/mol. The second-order valence-corrected chi connectivity index (χ2v) is 6.60. The van der Waals surface area contributed by atoms with Gasteiger partial charge in [-0.25, -0.2) is 13.2 Å². The minimum absolute atomic E-state index is 0.241. The molecule has 0 spiro atoms. The Labute approximate surface area is 140 Å². The summed E-state index contributed by atoms with van der Waals surface area (Å²) in [7, 11) is -4.32. The first-order valence-corrected chi connectivity index (χ1v) is 8.01. The van der Waals surface area contributed by atoms with Crippen LogP contribution in [-0.2, 0) is 10.0 Å². The maximum absolute atomic E-state index is 12.3. The fraction of sp³-hybridized carbons (Fsp3) is 0. The van der Waals surface area contributed by atoms with E-state index >= 15 is 0 Å². The molecular formula is C13H9ClN2O7S. The molecule has 0 aliphatic heterocycles. The third-order valence-electron chi connectivity index (χ3n) is 2.91. The average Bonchev–Trinajstić information content (AvgIpc) is 2.49. The maximum atomic E-state index is 12.3. The van der Waals surface area contributed by atoms with Gasteiger partial charge in [0.15, 0.2) is 0 Å². The fourth-order valence-corrected chi connectivity index (χ4v) is 3.03. The van der Waals surface area contributed by atoms with Gasteiger partial charge in [-0.2, -0.15) is 0 Å². The third kappa shape index (κ3) is 3.55. The van der Waals surface area contributed by atoms with E-state index in [4.69, 9.17) is 16.7 Å². The first kappa shape index (κ1) is 17.5. The van der Waals surface area contributed by atoms with E-state index in [0.717, 1.165) is 36.4 Å². The molecule has 0 atom stereocenters. The van der Waals surface area contributed by atoms with Crippen molar-refractivity contribution >= 4 is 39.0 Å². The van der Waals surface area contributed by atoms with Gasteiger partial charge in [-0.3, -0.25) is 14.8 Å². The van der Waals surface area contributed by atoms with Crippen LogP contribution in [0, 0.1) is 10.1 Å². The topological polar surface area (TPSA) is 147 Å². The van der Waals surface area contributed by atoms with Gasteiger partial charge in [0.2, 0.25) is 0 Å². The summed E-state index contributed by atoms with van der Waals surface area (Å²) in [4.78, 5) is 20.4. The van der Waals surface area contributed by atoms with Crippen LogP contribution in [0.3, 0.4) is 0 Å². The number of sulfonamides is 1. The first-order valence-electron chi connectivity index (χ1n) is 6.15. The highest BCUT2D eigenvalue weighted by Crippen LogP contribution is 2.30. The van der Waals surface area contributed by atoms with Crippen LogP contribution in [0.1, 0.15) is 10.4 Å². The number of carboxylic acids is 1. The number of hydrogen-bond acceptors (Lipinski definition) is 6. The zero-order valence-electron chi connectivity index (χ0n) is 11.6. The Balaban J connectivity index is 2.46. The predicted molar refractivity (Wildman–Crippen MR) is 84.0 cm³/mol. The van der Waals surface area contributed by atoms with Crippen molar-refractivity contribution < 1.29 is 28.3 Å². The van der Waals surface area contributed by atoms with Crippen molar-refractivity contribution in [2.45, 2.75) is 4.90 Å². The van der Waals surface area contributed by atoms with Crippen molar-refractivity contribution in [1.82, 2.24) is 0 Å². The smallest absolute Gasteiger partial charge is 0.335 e. The van der Waals surface area contributed by atoms with Gasteiger partial charge in [0.1, 0.15) is 10.8 Å². The monoisotopic (exact) mass is 372 g/mol.